The molecule has 0 radical (unpaired) electrons. The monoisotopic (exact) mass is 1630 g/mol. The second kappa shape index (κ2) is 34.1. The third-order valence-corrected chi connectivity index (χ3v) is 27.9. The first-order valence-corrected chi connectivity index (χ1v) is 43.4. The van der Waals surface area contributed by atoms with Gasteiger partial charge in [0.25, 0.3) is 65.8 Å². The average molecular weight is 1630 g/mol. The van der Waals surface area contributed by atoms with Gasteiger partial charge in [-0.25, -0.2) is 84.7 Å². The Labute approximate surface area is 653 Å². The summed E-state index contributed by atoms with van der Waals surface area (Å²) in [5.74, 6) is 0.516. The summed E-state index contributed by atoms with van der Waals surface area (Å²) in [6.45, 7) is 11.7. The first kappa shape index (κ1) is 81.2. The van der Waals surface area contributed by atoms with Crippen molar-refractivity contribution in [2.75, 3.05) is 79.1 Å². The lowest BCUT2D eigenvalue weighted by molar-refractivity contribution is 0.152. The highest BCUT2D eigenvalue weighted by Gasteiger charge is 2.34. The fourth-order valence-corrected chi connectivity index (χ4v) is 21.3. The summed E-state index contributed by atoms with van der Waals surface area (Å²) in [7, 11) is -14.5. The number of aromatic nitrogens is 4. The van der Waals surface area contributed by atoms with Crippen molar-refractivity contribution < 1.29 is 73.5 Å². The molecule has 0 saturated carbocycles. The molecule has 29 heteroatoms. The van der Waals surface area contributed by atoms with Gasteiger partial charge in [0, 0.05) is 144 Å². The van der Waals surface area contributed by atoms with Gasteiger partial charge < -0.3 is 24.3 Å². The van der Waals surface area contributed by atoms with Crippen molar-refractivity contribution in [3.63, 3.8) is 0 Å². The van der Waals surface area contributed by atoms with Crippen LogP contribution in [0, 0.1) is 20.8 Å². The fraction of sp³-hybridized carbons (Fsp3) is 0.333. The van der Waals surface area contributed by atoms with Gasteiger partial charge in [-0.05, 0) is 218 Å². The van der Waals surface area contributed by atoms with Crippen molar-refractivity contribution in [3.8, 4) is 5.75 Å². The van der Waals surface area contributed by atoms with E-state index in [9.17, 15) is 68.8 Å². The van der Waals surface area contributed by atoms with Crippen molar-refractivity contribution in [1.29, 1.82) is 0 Å². The highest BCUT2D eigenvalue weighted by molar-refractivity contribution is 7.91. The molecule has 4 fully saturated rings. The molecule has 598 valence electrons. The number of halogens is 8. The Kier molecular flexibility index (Phi) is 24.5. The van der Waals surface area contributed by atoms with Gasteiger partial charge in [0.1, 0.15) is 5.75 Å². The first-order chi connectivity index (χ1) is 54.1. The molecule has 4 aliphatic heterocycles. The minimum atomic E-state index is -4.04. The Hall–Kier alpha value is -9.84. The minimum Gasteiger partial charge on any atom is -0.497 e. The number of anilines is 4. The second-order valence-corrected chi connectivity index (χ2v) is 36.0. The molecule has 4 aromatic heterocycles. The van der Waals surface area contributed by atoms with E-state index in [4.69, 9.17) is 4.74 Å². The molecule has 0 atom stereocenters. The van der Waals surface area contributed by atoms with Gasteiger partial charge in [-0.3, -0.25) is 0 Å². The summed E-state index contributed by atoms with van der Waals surface area (Å²) in [5, 5.41) is 1.29. The van der Waals surface area contributed by atoms with Crippen LogP contribution in [-0.2, 0) is 40.1 Å². The molecule has 16 rings (SSSR count). The van der Waals surface area contributed by atoms with Crippen LogP contribution >= 0.6 is 0 Å². The van der Waals surface area contributed by atoms with Crippen LogP contribution in [0.4, 0.5) is 57.9 Å². The van der Waals surface area contributed by atoms with E-state index in [1.165, 1.54) is 55.6 Å². The summed E-state index contributed by atoms with van der Waals surface area (Å²) in [4.78, 5) is 8.60. The molecule has 12 aromatic rings. The Balaban J connectivity index is 0.000000132. The van der Waals surface area contributed by atoms with Gasteiger partial charge in [-0.1, -0.05) is 66.2 Å². The standard InChI is InChI=1S/C21H22F2N2O3S.3C21H22F2N2O2S/c1-28-15-8-10-16(11-9-15)29(26,27)25-14-17(21(22)23)20-18(6-5-7-19(20)25)24-12-3-2-4-13-24;2*1-15-7-5-8-16(13-15)28(26,27)25-14-17(21(22)23)20-18(9-6-10-19(20)25)24-11-3-2-4-12-24;1-15-8-10-16(11-9-15)28(26,27)25-14-17(21(22)23)20-18(6-5-7-19(20)25)24-12-3-2-4-13-24/h5-11,14,21H,2-4,12-13H2,1H3;2*5-10,13-14,21H,2-4,11-12H2,1H3;5-11,14,21H,2-4,12-13H2,1H3. The third-order valence-electron chi connectivity index (χ3n) is 21.2. The average Bonchev–Trinajstić information content (AvgIpc) is 1.62. The van der Waals surface area contributed by atoms with Crippen molar-refractivity contribution in [2.45, 2.75) is 143 Å². The number of ether oxygens (including phenoxy) is 1. The Morgan fingerprint density at radius 1 is 0.283 bits per heavy atom. The van der Waals surface area contributed by atoms with Gasteiger partial charge in [0.15, 0.2) is 0 Å². The third kappa shape index (κ3) is 16.6. The van der Waals surface area contributed by atoms with Gasteiger partial charge >= 0.3 is 0 Å². The van der Waals surface area contributed by atoms with E-state index in [0.717, 1.165) is 187 Å². The molecule has 0 spiro atoms. The Morgan fingerprint density at radius 3 is 0.761 bits per heavy atom. The zero-order valence-corrected chi connectivity index (χ0v) is 66.1. The lowest BCUT2D eigenvalue weighted by Gasteiger charge is -2.29. The number of piperidine rings is 4. The molecule has 4 saturated heterocycles. The van der Waals surface area contributed by atoms with Crippen LogP contribution in [0.15, 0.2) is 214 Å². The number of rotatable bonds is 17. The first-order valence-electron chi connectivity index (χ1n) is 37.7. The van der Waals surface area contributed by atoms with Gasteiger partial charge in [-0.2, -0.15) is 0 Å². The molecule has 0 aliphatic carbocycles. The summed E-state index contributed by atoms with van der Waals surface area (Å²) in [5.41, 5.74) is 5.38. The SMILES string of the molecule is COc1ccc(S(=O)(=O)n2cc(C(F)F)c3c(N4CCCCC4)cccc32)cc1.Cc1ccc(S(=O)(=O)n2cc(C(F)F)c3c(N4CCCCC4)cccc32)cc1.Cc1cccc(S(=O)(=O)n2cc(C(F)F)c3c(N4CCCCC4)cccc32)c1.Cc1cccc(S(=O)(=O)n2cc(C(F)F)c3c(N4CCCCC4)cccc32)c1. The summed E-state index contributed by atoms with van der Waals surface area (Å²) in [6, 6.07) is 45.8. The molecule has 0 N–H and O–H groups in total. The number of methoxy groups -OCH3 is 1. The summed E-state index contributed by atoms with van der Waals surface area (Å²) < 4.78 is 226. The van der Waals surface area contributed by atoms with Crippen molar-refractivity contribution in [3.05, 3.63) is 234 Å². The van der Waals surface area contributed by atoms with Crippen molar-refractivity contribution in [1.82, 2.24) is 15.9 Å². The Bertz CT molecular complexity index is 5710. The van der Waals surface area contributed by atoms with E-state index in [1.54, 1.807) is 117 Å². The molecule has 8 heterocycles. The van der Waals surface area contributed by atoms with Crippen LogP contribution in [0.5, 0.6) is 5.75 Å². The number of aryl methyl sites for hydroxylation is 3. The molecule has 8 aromatic carbocycles. The Morgan fingerprint density at radius 2 is 0.522 bits per heavy atom. The van der Waals surface area contributed by atoms with Crippen LogP contribution in [-0.4, -0.2) is 109 Å². The second-order valence-electron chi connectivity index (χ2n) is 28.7. The van der Waals surface area contributed by atoms with Crippen molar-refractivity contribution in [2.24, 2.45) is 0 Å². The summed E-state index contributed by atoms with van der Waals surface area (Å²) in [6.07, 6.45) is 5.72. The van der Waals surface area contributed by atoms with E-state index in [1.807, 2.05) is 25.1 Å². The number of hydrogen-bond acceptors (Lipinski definition) is 13. The molecule has 4 aliphatic rings. The van der Waals surface area contributed by atoms with E-state index >= 15 is 0 Å². The minimum absolute atomic E-state index is 0.0133. The number of benzene rings is 8. The zero-order valence-electron chi connectivity index (χ0n) is 62.8. The maximum atomic E-state index is 13.9. The van der Waals surface area contributed by atoms with Crippen LogP contribution in [0.1, 0.15) is 142 Å². The number of alkyl halides is 8. The fourth-order valence-electron chi connectivity index (χ4n) is 15.6. The number of hydrogen-bond donors (Lipinski definition) is 0. The lowest BCUT2D eigenvalue weighted by atomic mass is 10.1. The van der Waals surface area contributed by atoms with E-state index < -0.39 is 65.8 Å². The van der Waals surface area contributed by atoms with E-state index in [2.05, 4.69) is 19.6 Å². The van der Waals surface area contributed by atoms with Gasteiger partial charge in [0.2, 0.25) is 0 Å². The lowest BCUT2D eigenvalue weighted by Crippen LogP contribution is -2.29. The topological polar surface area (TPSA) is 178 Å². The van der Waals surface area contributed by atoms with Crippen LogP contribution in [0.2, 0.25) is 0 Å². The highest BCUT2D eigenvalue weighted by atomic mass is 32.2. The number of nitrogens with zero attached hydrogens (tertiary/aromatic N) is 8. The predicted octanol–water partition coefficient (Wildman–Crippen LogP) is 20.2. The molecular formula is C84H88F8N8O9S4. The van der Waals surface area contributed by atoms with Gasteiger partial charge in [0.05, 0.1) is 48.8 Å². The largest absolute Gasteiger partial charge is 0.497 e. The molecule has 113 heavy (non-hydrogen) atoms. The quantitative estimate of drug-likeness (QED) is 0.0787. The normalized spacial score (nSPS) is 15.4. The molecular weight excluding hydrogens is 1550 g/mol. The van der Waals surface area contributed by atoms with E-state index in [0.29, 0.717) is 66.6 Å². The number of fused-ring (bicyclic) bond motifs is 4. The van der Waals surface area contributed by atoms with E-state index in [-0.39, 0.29) is 47.4 Å². The van der Waals surface area contributed by atoms with Crippen LogP contribution in [0.25, 0.3) is 43.6 Å². The predicted molar refractivity (Wildman–Crippen MR) is 429 cm³/mol. The molecule has 17 nitrogen and oxygen atoms in total. The van der Waals surface area contributed by atoms with Crippen molar-refractivity contribution >= 4 is 106 Å². The smallest absolute Gasteiger partial charge is 0.268 e. The zero-order chi connectivity index (χ0) is 80.3. The van der Waals surface area contributed by atoms with Crippen LogP contribution < -0.4 is 24.3 Å². The summed E-state index contributed by atoms with van der Waals surface area (Å²) >= 11 is 0. The molecule has 0 unspecified atom stereocenters. The maximum absolute atomic E-state index is 13.9. The maximum Gasteiger partial charge on any atom is 0.268 e. The van der Waals surface area contributed by atoms with Gasteiger partial charge in [-0.15, -0.1) is 0 Å². The highest BCUT2D eigenvalue weighted by Crippen LogP contribution is 2.45. The molecule has 0 amide bonds. The molecule has 0 bridgehead atoms. The van der Waals surface area contributed by atoms with Crippen LogP contribution in [0.3, 0.4) is 0 Å².